The molecular formula is C11H17N3O4S3. The lowest BCUT2D eigenvalue weighted by Crippen LogP contribution is -2.50. The number of rotatable bonds is 4. The normalized spacial score (nSPS) is 21.3. The van der Waals surface area contributed by atoms with Gasteiger partial charge in [0.15, 0.2) is 9.84 Å². The van der Waals surface area contributed by atoms with Crippen molar-refractivity contribution in [3.63, 3.8) is 0 Å². The lowest BCUT2D eigenvalue weighted by Gasteiger charge is -2.33. The average Bonchev–Trinajstić information content (AvgIpc) is 2.47. The standard InChI is InChI=1S/C11H17N3O4S3/c1-2-20(15,16)11-8-19-6-5-14(11)21(17,18)9-3-4-13-10(12)7-9/h3-4,7,11H,2,5-6,8H2,1H3,(H2,12,13). The van der Waals surface area contributed by atoms with Crippen LogP contribution in [0.15, 0.2) is 23.2 Å². The van der Waals surface area contributed by atoms with Crippen molar-refractivity contribution < 1.29 is 16.8 Å². The molecule has 1 unspecified atom stereocenters. The van der Waals surface area contributed by atoms with Crippen LogP contribution in [0.25, 0.3) is 0 Å². The largest absolute Gasteiger partial charge is 0.384 e. The number of nitrogens with zero attached hydrogens (tertiary/aromatic N) is 2. The van der Waals surface area contributed by atoms with Gasteiger partial charge in [-0.1, -0.05) is 6.92 Å². The van der Waals surface area contributed by atoms with Gasteiger partial charge in [-0.05, 0) is 6.07 Å². The van der Waals surface area contributed by atoms with Crippen LogP contribution >= 0.6 is 11.8 Å². The number of thioether (sulfide) groups is 1. The van der Waals surface area contributed by atoms with E-state index < -0.39 is 25.2 Å². The molecule has 0 spiro atoms. The zero-order chi connectivity index (χ0) is 15.7. The molecule has 1 aromatic rings. The third-order valence-corrected chi connectivity index (χ3v) is 8.54. The highest BCUT2D eigenvalue weighted by Crippen LogP contribution is 2.28. The second kappa shape index (κ2) is 6.11. The Morgan fingerprint density at radius 1 is 1.43 bits per heavy atom. The van der Waals surface area contributed by atoms with Crippen LogP contribution in [0.3, 0.4) is 0 Å². The van der Waals surface area contributed by atoms with Crippen LogP contribution in [0, 0.1) is 0 Å². The van der Waals surface area contributed by atoms with Crippen LogP contribution in [0.5, 0.6) is 0 Å². The minimum atomic E-state index is -3.91. The summed E-state index contributed by atoms with van der Waals surface area (Å²) >= 11 is 1.44. The molecule has 0 radical (unpaired) electrons. The minimum absolute atomic E-state index is 0.0294. The Morgan fingerprint density at radius 2 is 2.14 bits per heavy atom. The Labute approximate surface area is 128 Å². The van der Waals surface area contributed by atoms with E-state index in [2.05, 4.69) is 4.98 Å². The number of sulfonamides is 1. The van der Waals surface area contributed by atoms with Gasteiger partial charge in [0.25, 0.3) is 0 Å². The zero-order valence-corrected chi connectivity index (χ0v) is 13.9. The van der Waals surface area contributed by atoms with Crippen LogP contribution in [0.2, 0.25) is 0 Å². The third kappa shape index (κ3) is 3.33. The lowest BCUT2D eigenvalue weighted by molar-refractivity contribution is 0.404. The van der Waals surface area contributed by atoms with Gasteiger partial charge in [0.1, 0.15) is 11.2 Å². The van der Waals surface area contributed by atoms with Crippen molar-refractivity contribution in [1.82, 2.24) is 9.29 Å². The monoisotopic (exact) mass is 351 g/mol. The number of anilines is 1. The Bertz CT molecular complexity index is 718. The highest BCUT2D eigenvalue weighted by Gasteiger charge is 2.40. The predicted molar refractivity (Wildman–Crippen MR) is 83.1 cm³/mol. The third-order valence-electron chi connectivity index (χ3n) is 3.21. The van der Waals surface area contributed by atoms with Gasteiger partial charge < -0.3 is 5.73 Å². The molecule has 2 heterocycles. The Balaban J connectivity index is 2.46. The van der Waals surface area contributed by atoms with Crippen molar-refractivity contribution in [1.29, 1.82) is 0 Å². The van der Waals surface area contributed by atoms with Crippen molar-refractivity contribution in [3.05, 3.63) is 18.3 Å². The highest BCUT2D eigenvalue weighted by molar-refractivity contribution is 8.01. The minimum Gasteiger partial charge on any atom is -0.384 e. The van der Waals surface area contributed by atoms with Gasteiger partial charge in [-0.25, -0.2) is 21.8 Å². The highest BCUT2D eigenvalue weighted by atomic mass is 32.2. The first-order valence-electron chi connectivity index (χ1n) is 6.31. The maximum absolute atomic E-state index is 12.7. The van der Waals surface area contributed by atoms with E-state index in [9.17, 15) is 16.8 Å². The molecule has 0 bridgehead atoms. The van der Waals surface area contributed by atoms with E-state index in [1.54, 1.807) is 0 Å². The Kier molecular flexibility index (Phi) is 4.81. The molecule has 1 saturated heterocycles. The average molecular weight is 351 g/mol. The summed E-state index contributed by atoms with van der Waals surface area (Å²) in [6.45, 7) is 1.68. The zero-order valence-electron chi connectivity index (χ0n) is 11.5. The van der Waals surface area contributed by atoms with Gasteiger partial charge in [-0.3, -0.25) is 0 Å². The summed E-state index contributed by atoms with van der Waals surface area (Å²) in [6, 6.07) is 2.57. The first-order chi connectivity index (χ1) is 9.79. The number of hydrogen-bond donors (Lipinski definition) is 1. The molecule has 1 fully saturated rings. The molecule has 118 valence electrons. The molecule has 0 saturated carbocycles. The molecule has 1 aliphatic heterocycles. The summed E-state index contributed by atoms with van der Waals surface area (Å²) in [7, 11) is -7.40. The maximum Gasteiger partial charge on any atom is 0.244 e. The summed E-state index contributed by atoms with van der Waals surface area (Å²) in [6.07, 6.45) is 1.30. The molecule has 2 rings (SSSR count). The second-order valence-electron chi connectivity index (χ2n) is 4.51. The SMILES string of the molecule is CCS(=O)(=O)C1CSCCN1S(=O)(=O)c1ccnc(N)c1. The molecule has 21 heavy (non-hydrogen) atoms. The smallest absolute Gasteiger partial charge is 0.244 e. The fourth-order valence-corrected chi connectivity index (χ4v) is 7.31. The van der Waals surface area contributed by atoms with Crippen molar-refractivity contribution >= 4 is 37.4 Å². The molecule has 10 heteroatoms. The number of hydrogen-bond acceptors (Lipinski definition) is 7. The van der Waals surface area contributed by atoms with E-state index in [-0.39, 0.29) is 28.8 Å². The van der Waals surface area contributed by atoms with E-state index in [0.29, 0.717) is 5.75 Å². The van der Waals surface area contributed by atoms with Gasteiger partial charge >= 0.3 is 0 Å². The predicted octanol–water partition coefficient (Wildman–Crippen LogP) is 0.162. The molecule has 1 aliphatic rings. The quantitative estimate of drug-likeness (QED) is 0.822. The number of sulfone groups is 1. The topological polar surface area (TPSA) is 110 Å². The summed E-state index contributed by atoms with van der Waals surface area (Å²) in [5.74, 6) is 0.797. The summed E-state index contributed by atoms with van der Waals surface area (Å²) in [5.41, 5.74) is 5.52. The number of aromatic nitrogens is 1. The Morgan fingerprint density at radius 3 is 2.76 bits per heavy atom. The molecule has 0 aromatic carbocycles. The summed E-state index contributed by atoms with van der Waals surface area (Å²) < 4.78 is 50.7. The van der Waals surface area contributed by atoms with Crippen LogP contribution in [-0.2, 0) is 19.9 Å². The van der Waals surface area contributed by atoms with Gasteiger partial charge in [-0.2, -0.15) is 16.1 Å². The molecule has 1 atom stereocenters. The molecule has 0 aliphatic carbocycles. The molecule has 2 N–H and O–H groups in total. The molecule has 1 aromatic heterocycles. The van der Waals surface area contributed by atoms with Gasteiger partial charge in [0.05, 0.1) is 4.90 Å². The number of nitrogen functional groups attached to an aromatic ring is 1. The van der Waals surface area contributed by atoms with Gasteiger partial charge in [-0.15, -0.1) is 0 Å². The van der Waals surface area contributed by atoms with E-state index >= 15 is 0 Å². The van der Waals surface area contributed by atoms with Gasteiger partial charge in [0, 0.05) is 36.1 Å². The summed E-state index contributed by atoms with van der Waals surface area (Å²) in [4.78, 5) is 3.73. The summed E-state index contributed by atoms with van der Waals surface area (Å²) in [5, 5.41) is -1.03. The van der Waals surface area contributed by atoms with Crippen molar-refractivity contribution in [2.24, 2.45) is 0 Å². The number of nitrogens with two attached hydrogens (primary N) is 1. The van der Waals surface area contributed by atoms with E-state index in [4.69, 9.17) is 5.73 Å². The molecular weight excluding hydrogens is 334 g/mol. The molecule has 0 amide bonds. The second-order valence-corrected chi connectivity index (χ2v) is 10.0. The van der Waals surface area contributed by atoms with Crippen molar-refractivity contribution in [2.45, 2.75) is 17.2 Å². The van der Waals surface area contributed by atoms with Crippen molar-refractivity contribution in [2.75, 3.05) is 29.5 Å². The number of pyridine rings is 1. The maximum atomic E-state index is 12.7. The van der Waals surface area contributed by atoms with E-state index in [1.165, 1.54) is 37.0 Å². The first-order valence-corrected chi connectivity index (χ1v) is 10.6. The van der Waals surface area contributed by atoms with Crippen LogP contribution < -0.4 is 5.73 Å². The first kappa shape index (κ1) is 16.5. The van der Waals surface area contributed by atoms with Crippen LogP contribution in [-0.4, -0.2) is 55.3 Å². The lowest BCUT2D eigenvalue weighted by atomic mass is 10.5. The van der Waals surface area contributed by atoms with Crippen molar-refractivity contribution in [3.8, 4) is 0 Å². The van der Waals surface area contributed by atoms with E-state index in [1.807, 2.05) is 0 Å². The van der Waals surface area contributed by atoms with E-state index in [0.717, 1.165) is 4.31 Å². The Hall–Kier alpha value is -0.840. The molecule has 7 nitrogen and oxygen atoms in total. The van der Waals surface area contributed by atoms with Gasteiger partial charge in [0.2, 0.25) is 10.0 Å². The van der Waals surface area contributed by atoms with Crippen LogP contribution in [0.4, 0.5) is 5.82 Å². The van der Waals surface area contributed by atoms with Crippen LogP contribution in [0.1, 0.15) is 6.92 Å². The fraction of sp³-hybridized carbons (Fsp3) is 0.545. The fourth-order valence-electron chi connectivity index (χ4n) is 2.04.